The predicted molar refractivity (Wildman–Crippen MR) is 148 cm³/mol. The standard InChI is InChI=1S/C29H23FN5P/c1-17-6-4-8-19-13-22(35-23-11-3-2-7-18(23)14-24(35)25(17)19)15-32-28-26(29(36)34-16-33-28)27(31)20-9-5-10-21(30)12-20/h2-14,16,31H,15,36H2,1H3,(H,32,33,34). The summed E-state index contributed by atoms with van der Waals surface area (Å²) in [7, 11) is 2.56. The molecule has 176 valence electrons. The molecule has 0 spiro atoms. The molecular formula is C29H23FN5P. The molecule has 0 saturated heterocycles. The molecular weight excluding hydrogens is 468 g/mol. The molecule has 2 N–H and O–H groups in total. The zero-order valence-electron chi connectivity index (χ0n) is 19.6. The fourth-order valence-corrected chi connectivity index (χ4v) is 5.27. The molecule has 7 heteroatoms. The maximum atomic E-state index is 13.9. The van der Waals surface area contributed by atoms with Gasteiger partial charge in [0.25, 0.3) is 0 Å². The number of rotatable bonds is 5. The largest absolute Gasteiger partial charge is 0.364 e. The van der Waals surface area contributed by atoms with Gasteiger partial charge in [-0.05, 0) is 48.2 Å². The number of benzene rings is 3. The molecule has 3 aromatic heterocycles. The number of anilines is 1. The van der Waals surface area contributed by atoms with Gasteiger partial charge in [-0.3, -0.25) is 5.41 Å². The first kappa shape index (κ1) is 22.3. The molecule has 0 aliphatic carbocycles. The third-order valence-electron chi connectivity index (χ3n) is 6.56. The van der Waals surface area contributed by atoms with Crippen molar-refractivity contribution in [2.75, 3.05) is 5.32 Å². The fraction of sp³-hybridized carbons (Fsp3) is 0.0690. The molecule has 3 heterocycles. The van der Waals surface area contributed by atoms with Crippen molar-refractivity contribution in [1.82, 2.24) is 14.4 Å². The van der Waals surface area contributed by atoms with Crippen LogP contribution < -0.4 is 10.8 Å². The highest BCUT2D eigenvalue weighted by Crippen LogP contribution is 2.31. The van der Waals surface area contributed by atoms with E-state index < -0.39 is 0 Å². The molecule has 1 atom stereocenters. The minimum atomic E-state index is -0.387. The Bertz CT molecular complexity index is 1810. The van der Waals surface area contributed by atoms with Gasteiger partial charge in [0.05, 0.1) is 34.3 Å². The Morgan fingerprint density at radius 2 is 1.75 bits per heavy atom. The fourth-order valence-electron chi connectivity index (χ4n) is 4.93. The van der Waals surface area contributed by atoms with Gasteiger partial charge in [-0.25, -0.2) is 14.4 Å². The molecule has 0 radical (unpaired) electrons. The van der Waals surface area contributed by atoms with E-state index in [0.29, 0.717) is 28.9 Å². The van der Waals surface area contributed by atoms with Gasteiger partial charge in [0.1, 0.15) is 18.0 Å². The lowest BCUT2D eigenvalue weighted by Crippen LogP contribution is -2.19. The van der Waals surface area contributed by atoms with Crippen LogP contribution in [0.2, 0.25) is 0 Å². The summed E-state index contributed by atoms with van der Waals surface area (Å²) < 4.78 is 16.2. The van der Waals surface area contributed by atoms with Gasteiger partial charge >= 0.3 is 0 Å². The minimum Gasteiger partial charge on any atom is -0.364 e. The Morgan fingerprint density at radius 3 is 2.61 bits per heavy atom. The van der Waals surface area contributed by atoms with Crippen LogP contribution in [0.5, 0.6) is 0 Å². The Morgan fingerprint density at radius 1 is 0.944 bits per heavy atom. The van der Waals surface area contributed by atoms with Crippen molar-refractivity contribution < 1.29 is 4.39 Å². The number of pyridine rings is 1. The third-order valence-corrected chi connectivity index (χ3v) is 7.00. The van der Waals surface area contributed by atoms with E-state index >= 15 is 0 Å². The second-order valence-corrected chi connectivity index (χ2v) is 9.37. The maximum absolute atomic E-state index is 13.9. The first-order valence-corrected chi connectivity index (χ1v) is 12.2. The molecule has 0 saturated carbocycles. The highest BCUT2D eigenvalue weighted by molar-refractivity contribution is 7.27. The Labute approximate surface area is 209 Å². The number of para-hydroxylation sites is 1. The van der Waals surface area contributed by atoms with Crippen molar-refractivity contribution in [1.29, 1.82) is 5.41 Å². The average Bonchev–Trinajstić information content (AvgIpc) is 3.27. The lowest BCUT2D eigenvalue weighted by atomic mass is 10.0. The summed E-state index contributed by atoms with van der Waals surface area (Å²) in [5, 5.41) is 15.8. The lowest BCUT2D eigenvalue weighted by Gasteiger charge is -2.16. The zero-order valence-corrected chi connectivity index (χ0v) is 20.7. The van der Waals surface area contributed by atoms with Crippen molar-refractivity contribution >= 4 is 53.4 Å². The Kier molecular flexibility index (Phi) is 5.46. The number of hydrogen-bond acceptors (Lipinski definition) is 4. The highest BCUT2D eigenvalue weighted by Gasteiger charge is 2.17. The Hall–Kier alpha value is -4.15. The van der Waals surface area contributed by atoms with Gasteiger partial charge in [0.2, 0.25) is 0 Å². The van der Waals surface area contributed by atoms with E-state index in [4.69, 9.17) is 5.41 Å². The Balaban J connectivity index is 1.47. The number of nitrogens with one attached hydrogen (secondary N) is 2. The monoisotopic (exact) mass is 491 g/mol. The number of fused-ring (bicyclic) bond motifs is 5. The van der Waals surface area contributed by atoms with E-state index in [0.717, 1.165) is 16.7 Å². The number of aryl methyl sites for hydroxylation is 1. The van der Waals surface area contributed by atoms with Gasteiger partial charge in [-0.2, -0.15) is 0 Å². The van der Waals surface area contributed by atoms with Crippen molar-refractivity contribution in [3.63, 3.8) is 0 Å². The molecule has 6 aromatic rings. The molecule has 0 aliphatic rings. The maximum Gasteiger partial charge on any atom is 0.139 e. The van der Waals surface area contributed by atoms with E-state index in [1.807, 2.05) is 0 Å². The summed E-state index contributed by atoms with van der Waals surface area (Å²) in [5.74, 6) is 0.139. The van der Waals surface area contributed by atoms with Crippen LogP contribution in [0.1, 0.15) is 22.4 Å². The molecule has 1 unspecified atom stereocenters. The molecule has 5 nitrogen and oxygen atoms in total. The van der Waals surface area contributed by atoms with E-state index in [-0.39, 0.29) is 11.5 Å². The SMILES string of the molecule is Cc1cccc2cc(CNc3ncnc(P)c3C(=N)c3cccc(F)c3)n3c4ccccc4cc3c12. The summed E-state index contributed by atoms with van der Waals surface area (Å²) in [6.07, 6.45) is 1.47. The lowest BCUT2D eigenvalue weighted by molar-refractivity contribution is 0.627. The second kappa shape index (κ2) is 8.81. The van der Waals surface area contributed by atoms with Crippen LogP contribution in [0.15, 0.2) is 85.2 Å². The van der Waals surface area contributed by atoms with Crippen LogP contribution in [-0.4, -0.2) is 20.1 Å². The molecule has 0 bridgehead atoms. The molecule has 36 heavy (non-hydrogen) atoms. The first-order chi connectivity index (χ1) is 17.5. The van der Waals surface area contributed by atoms with Crippen LogP contribution in [0.3, 0.4) is 0 Å². The first-order valence-electron chi connectivity index (χ1n) is 11.6. The van der Waals surface area contributed by atoms with Gasteiger partial charge in [-0.15, -0.1) is 0 Å². The van der Waals surface area contributed by atoms with E-state index in [1.54, 1.807) is 12.1 Å². The summed E-state index contributed by atoms with van der Waals surface area (Å²) >= 11 is 0. The predicted octanol–water partition coefficient (Wildman–Crippen LogP) is 6.01. The van der Waals surface area contributed by atoms with Gasteiger partial charge in [0.15, 0.2) is 0 Å². The number of hydrogen-bond donors (Lipinski definition) is 2. The summed E-state index contributed by atoms with van der Waals surface area (Å²) in [6, 6.07) is 25.2. The topological polar surface area (TPSA) is 66.1 Å². The van der Waals surface area contributed by atoms with E-state index in [9.17, 15) is 4.39 Å². The number of nitrogens with zero attached hydrogens (tertiary/aromatic N) is 3. The number of halogens is 1. The van der Waals surface area contributed by atoms with Crippen LogP contribution >= 0.6 is 9.24 Å². The van der Waals surface area contributed by atoms with Gasteiger partial charge in [0, 0.05) is 22.0 Å². The second-order valence-electron chi connectivity index (χ2n) is 8.82. The smallest absolute Gasteiger partial charge is 0.139 e. The summed E-state index contributed by atoms with van der Waals surface area (Å²) in [4.78, 5) is 8.72. The summed E-state index contributed by atoms with van der Waals surface area (Å²) in [5.41, 5.74) is 6.32. The van der Waals surface area contributed by atoms with Crippen molar-refractivity contribution in [3.8, 4) is 0 Å². The molecule has 0 fully saturated rings. The quantitative estimate of drug-likeness (QED) is 0.229. The molecule has 0 amide bonds. The van der Waals surface area contributed by atoms with Crippen LogP contribution in [0.4, 0.5) is 10.2 Å². The average molecular weight is 492 g/mol. The van der Waals surface area contributed by atoms with Crippen molar-refractivity contribution in [2.24, 2.45) is 0 Å². The number of aromatic nitrogens is 3. The van der Waals surface area contributed by atoms with Crippen LogP contribution in [0.25, 0.3) is 27.2 Å². The molecule has 0 aliphatic heterocycles. The zero-order chi connectivity index (χ0) is 24.8. The highest BCUT2D eigenvalue weighted by atomic mass is 31.0. The van der Waals surface area contributed by atoms with E-state index in [1.165, 1.54) is 40.2 Å². The van der Waals surface area contributed by atoms with Crippen LogP contribution in [0, 0.1) is 18.2 Å². The minimum absolute atomic E-state index is 0.160. The van der Waals surface area contributed by atoms with Gasteiger partial charge in [-0.1, -0.05) is 57.8 Å². The van der Waals surface area contributed by atoms with Gasteiger partial charge < -0.3 is 9.72 Å². The van der Waals surface area contributed by atoms with E-state index in [2.05, 4.69) is 90.4 Å². The van der Waals surface area contributed by atoms with Crippen molar-refractivity contribution in [2.45, 2.75) is 13.5 Å². The third kappa shape index (κ3) is 3.71. The normalized spacial score (nSPS) is 11.4. The van der Waals surface area contributed by atoms with Crippen molar-refractivity contribution in [3.05, 3.63) is 113 Å². The molecule has 3 aromatic carbocycles. The summed E-state index contributed by atoms with van der Waals surface area (Å²) in [6.45, 7) is 2.62. The molecule has 6 rings (SSSR count). The van der Waals surface area contributed by atoms with Crippen LogP contribution in [-0.2, 0) is 6.54 Å².